The first-order valence-electron chi connectivity index (χ1n) is 5.67. The molecule has 1 amide bonds. The number of carbonyl (C=O) groups excluding carboxylic acids is 1. The number of nitrogens with two attached hydrogens (primary N) is 1. The van der Waals surface area contributed by atoms with E-state index in [4.69, 9.17) is 17.3 Å². The van der Waals surface area contributed by atoms with Gasteiger partial charge in [-0.1, -0.05) is 11.6 Å². The molecule has 0 fully saturated rings. The lowest BCUT2D eigenvalue weighted by Crippen LogP contribution is -2.14. The van der Waals surface area contributed by atoms with Gasteiger partial charge in [0.1, 0.15) is 5.69 Å². The first-order chi connectivity index (χ1) is 9.77. The fourth-order valence-corrected chi connectivity index (χ4v) is 1.75. The molecule has 0 aliphatic rings. The average Bonchev–Trinajstić information content (AvgIpc) is 2.41. The standard InChI is InChI=1S/C13H9ClF3N3O/c14-10-3-1-7(18)5-9(10)12(21)20-8-2-4-11(19-6-8)13(15,16)17/h1-6H,18H2,(H,20,21). The molecule has 4 nitrogen and oxygen atoms in total. The van der Waals surface area contributed by atoms with Gasteiger partial charge in [0, 0.05) is 5.69 Å². The van der Waals surface area contributed by atoms with Crippen molar-refractivity contribution in [3.8, 4) is 0 Å². The highest BCUT2D eigenvalue weighted by atomic mass is 35.5. The van der Waals surface area contributed by atoms with Crippen molar-refractivity contribution in [1.29, 1.82) is 0 Å². The number of halogens is 4. The number of hydrogen-bond acceptors (Lipinski definition) is 3. The number of carbonyl (C=O) groups is 1. The van der Waals surface area contributed by atoms with E-state index in [0.29, 0.717) is 5.69 Å². The van der Waals surface area contributed by atoms with Crippen LogP contribution in [0, 0.1) is 0 Å². The van der Waals surface area contributed by atoms with Crippen LogP contribution in [0.25, 0.3) is 0 Å². The summed E-state index contributed by atoms with van der Waals surface area (Å²) in [7, 11) is 0. The highest BCUT2D eigenvalue weighted by Crippen LogP contribution is 2.28. The van der Waals surface area contributed by atoms with Crippen LogP contribution in [-0.2, 0) is 6.18 Å². The number of alkyl halides is 3. The Balaban J connectivity index is 2.18. The number of nitrogens with one attached hydrogen (secondary N) is 1. The molecule has 110 valence electrons. The first-order valence-corrected chi connectivity index (χ1v) is 6.05. The number of hydrogen-bond donors (Lipinski definition) is 2. The minimum Gasteiger partial charge on any atom is -0.399 e. The summed E-state index contributed by atoms with van der Waals surface area (Å²) in [6, 6.07) is 6.23. The number of rotatable bonds is 2. The van der Waals surface area contributed by atoms with Crippen LogP contribution in [0.1, 0.15) is 16.1 Å². The third kappa shape index (κ3) is 3.63. The molecule has 3 N–H and O–H groups in total. The maximum atomic E-state index is 12.4. The highest BCUT2D eigenvalue weighted by molar-refractivity contribution is 6.34. The van der Waals surface area contributed by atoms with Crippen molar-refractivity contribution < 1.29 is 18.0 Å². The van der Waals surface area contributed by atoms with Gasteiger partial charge in [-0.2, -0.15) is 13.2 Å². The number of nitrogen functional groups attached to an aromatic ring is 1. The van der Waals surface area contributed by atoms with Crippen LogP contribution >= 0.6 is 11.6 Å². The van der Waals surface area contributed by atoms with Gasteiger partial charge in [0.05, 0.1) is 22.5 Å². The van der Waals surface area contributed by atoms with Gasteiger partial charge in [-0.15, -0.1) is 0 Å². The van der Waals surface area contributed by atoms with Crippen LogP contribution in [0.15, 0.2) is 36.5 Å². The van der Waals surface area contributed by atoms with E-state index in [0.717, 1.165) is 18.3 Å². The molecule has 0 aliphatic heterocycles. The van der Waals surface area contributed by atoms with Crippen molar-refractivity contribution in [2.75, 3.05) is 11.1 Å². The maximum absolute atomic E-state index is 12.4. The van der Waals surface area contributed by atoms with Gasteiger partial charge in [-0.25, -0.2) is 4.98 Å². The van der Waals surface area contributed by atoms with Gasteiger partial charge < -0.3 is 11.1 Å². The van der Waals surface area contributed by atoms with E-state index in [-0.39, 0.29) is 16.3 Å². The summed E-state index contributed by atoms with van der Waals surface area (Å²) in [5.41, 5.74) is 5.09. The Bertz CT molecular complexity index is 671. The predicted molar refractivity (Wildman–Crippen MR) is 73.1 cm³/mol. The quantitative estimate of drug-likeness (QED) is 0.832. The molecule has 0 radical (unpaired) electrons. The van der Waals surface area contributed by atoms with Crippen molar-refractivity contribution in [3.63, 3.8) is 0 Å². The van der Waals surface area contributed by atoms with E-state index >= 15 is 0 Å². The zero-order valence-electron chi connectivity index (χ0n) is 10.4. The Morgan fingerprint density at radius 1 is 1.24 bits per heavy atom. The minimum atomic E-state index is -4.53. The summed E-state index contributed by atoms with van der Waals surface area (Å²) in [6.07, 6.45) is -3.61. The average molecular weight is 316 g/mol. The molecule has 2 rings (SSSR count). The number of benzene rings is 1. The number of amides is 1. The van der Waals surface area contributed by atoms with E-state index in [1.54, 1.807) is 0 Å². The normalized spacial score (nSPS) is 11.2. The molecule has 21 heavy (non-hydrogen) atoms. The molecule has 1 aromatic heterocycles. The van der Waals surface area contributed by atoms with Gasteiger partial charge in [-0.3, -0.25) is 4.79 Å². The molecule has 0 atom stereocenters. The smallest absolute Gasteiger partial charge is 0.399 e. The lowest BCUT2D eigenvalue weighted by Gasteiger charge is -2.09. The molecule has 1 aromatic carbocycles. The molecule has 1 heterocycles. The summed E-state index contributed by atoms with van der Waals surface area (Å²) in [4.78, 5) is 15.2. The highest BCUT2D eigenvalue weighted by Gasteiger charge is 2.32. The van der Waals surface area contributed by atoms with E-state index in [2.05, 4.69) is 10.3 Å². The van der Waals surface area contributed by atoms with Crippen molar-refractivity contribution in [2.45, 2.75) is 6.18 Å². The fourth-order valence-electron chi connectivity index (χ4n) is 1.55. The molecule has 0 saturated heterocycles. The minimum absolute atomic E-state index is 0.117. The Morgan fingerprint density at radius 3 is 2.52 bits per heavy atom. The summed E-state index contributed by atoms with van der Waals surface area (Å²) in [5, 5.41) is 2.58. The number of pyridine rings is 1. The number of aromatic nitrogens is 1. The van der Waals surface area contributed by atoms with Crippen molar-refractivity contribution in [2.24, 2.45) is 0 Å². The molecule has 0 bridgehead atoms. The lowest BCUT2D eigenvalue weighted by molar-refractivity contribution is -0.141. The molecule has 8 heteroatoms. The zero-order valence-corrected chi connectivity index (χ0v) is 11.2. The predicted octanol–water partition coefficient (Wildman–Crippen LogP) is 3.59. The van der Waals surface area contributed by atoms with Crippen LogP contribution < -0.4 is 11.1 Å². The second kappa shape index (κ2) is 5.61. The second-order valence-electron chi connectivity index (χ2n) is 4.12. The van der Waals surface area contributed by atoms with Gasteiger partial charge in [0.15, 0.2) is 0 Å². The van der Waals surface area contributed by atoms with Gasteiger partial charge in [-0.05, 0) is 30.3 Å². The summed E-state index contributed by atoms with van der Waals surface area (Å²) >= 11 is 5.86. The fraction of sp³-hybridized carbons (Fsp3) is 0.0769. The third-order valence-electron chi connectivity index (χ3n) is 2.55. The monoisotopic (exact) mass is 315 g/mol. The Hall–Kier alpha value is -2.28. The molecule has 0 aliphatic carbocycles. The first kappa shape index (κ1) is 15.1. The second-order valence-corrected chi connectivity index (χ2v) is 4.53. The zero-order chi connectivity index (χ0) is 15.6. The summed E-state index contributed by atoms with van der Waals surface area (Å²) < 4.78 is 37.1. The lowest BCUT2D eigenvalue weighted by atomic mass is 10.2. The Kier molecular flexibility index (Phi) is 4.04. The number of nitrogens with zero attached hydrogens (tertiary/aromatic N) is 1. The van der Waals surface area contributed by atoms with Crippen LogP contribution in [0.4, 0.5) is 24.5 Å². The van der Waals surface area contributed by atoms with Crippen molar-refractivity contribution in [3.05, 3.63) is 52.8 Å². The maximum Gasteiger partial charge on any atom is 0.433 e. The van der Waals surface area contributed by atoms with Gasteiger partial charge in [0.25, 0.3) is 5.91 Å². The Labute approximate surface area is 122 Å². The largest absolute Gasteiger partial charge is 0.433 e. The van der Waals surface area contributed by atoms with Crippen LogP contribution in [0.5, 0.6) is 0 Å². The topological polar surface area (TPSA) is 68.0 Å². The van der Waals surface area contributed by atoms with Crippen LogP contribution in [-0.4, -0.2) is 10.9 Å². The van der Waals surface area contributed by atoms with Gasteiger partial charge >= 0.3 is 6.18 Å². The summed E-state index contributed by atoms with van der Waals surface area (Å²) in [6.45, 7) is 0. The van der Waals surface area contributed by atoms with Gasteiger partial charge in [0.2, 0.25) is 0 Å². The van der Waals surface area contributed by atoms with E-state index < -0.39 is 17.8 Å². The number of anilines is 2. The molecule has 0 spiro atoms. The van der Waals surface area contributed by atoms with E-state index in [9.17, 15) is 18.0 Å². The third-order valence-corrected chi connectivity index (χ3v) is 2.88. The molecule has 0 saturated carbocycles. The van der Waals surface area contributed by atoms with Crippen molar-refractivity contribution >= 4 is 28.9 Å². The molecular formula is C13H9ClF3N3O. The molecule has 0 unspecified atom stereocenters. The van der Waals surface area contributed by atoms with Crippen molar-refractivity contribution in [1.82, 2.24) is 4.98 Å². The summed E-state index contributed by atoms with van der Waals surface area (Å²) in [5.74, 6) is -0.589. The van der Waals surface area contributed by atoms with Crippen LogP contribution in [0.2, 0.25) is 5.02 Å². The molecule has 2 aromatic rings. The van der Waals surface area contributed by atoms with E-state index in [1.807, 2.05) is 0 Å². The SMILES string of the molecule is Nc1ccc(Cl)c(C(=O)Nc2ccc(C(F)(F)F)nc2)c1. The van der Waals surface area contributed by atoms with Crippen LogP contribution in [0.3, 0.4) is 0 Å². The molecular weight excluding hydrogens is 307 g/mol. The van der Waals surface area contributed by atoms with E-state index in [1.165, 1.54) is 18.2 Å². The Morgan fingerprint density at radius 2 is 1.95 bits per heavy atom.